The third kappa shape index (κ3) is 2.16. The smallest absolute Gasteiger partial charge is 0.220 e. The van der Waals surface area contributed by atoms with E-state index in [0.29, 0.717) is 12.1 Å². The highest BCUT2D eigenvalue weighted by Gasteiger charge is 2.16. The van der Waals surface area contributed by atoms with Crippen molar-refractivity contribution in [3.05, 3.63) is 24.4 Å². The highest BCUT2D eigenvalue weighted by Crippen LogP contribution is 2.26. The quantitative estimate of drug-likeness (QED) is 0.859. The van der Waals surface area contributed by atoms with Crippen LogP contribution in [0.1, 0.15) is 25.7 Å². The fraction of sp³-hybridized carbons (Fsp3) is 0.385. The van der Waals surface area contributed by atoms with Gasteiger partial charge in [0.15, 0.2) is 0 Å². The Balaban J connectivity index is 1.89. The molecule has 0 spiro atoms. The number of nitrogens with two attached hydrogens (primary N) is 1. The lowest BCUT2D eigenvalue weighted by Gasteiger charge is -2.13. The summed E-state index contributed by atoms with van der Waals surface area (Å²) in [7, 11) is 0. The SMILES string of the molecule is Nc1ncc2ccc(OC3CCCC3)cc2n1. The van der Waals surface area contributed by atoms with Gasteiger partial charge in [0.2, 0.25) is 5.95 Å². The second kappa shape index (κ2) is 4.20. The van der Waals surface area contributed by atoms with Crippen molar-refractivity contribution in [2.75, 3.05) is 5.73 Å². The van der Waals surface area contributed by atoms with Crippen LogP contribution in [0, 0.1) is 0 Å². The summed E-state index contributed by atoms with van der Waals surface area (Å²) in [6.07, 6.45) is 6.96. The van der Waals surface area contributed by atoms with Gasteiger partial charge in [0, 0.05) is 17.6 Å². The molecule has 1 fully saturated rings. The van der Waals surface area contributed by atoms with Gasteiger partial charge in [0.1, 0.15) is 5.75 Å². The summed E-state index contributed by atoms with van der Waals surface area (Å²) in [5.41, 5.74) is 6.42. The number of rotatable bonds is 2. The first-order valence-corrected chi connectivity index (χ1v) is 6.00. The van der Waals surface area contributed by atoms with Gasteiger partial charge in [-0.2, -0.15) is 0 Å². The van der Waals surface area contributed by atoms with Crippen LogP contribution < -0.4 is 10.5 Å². The molecule has 1 aliphatic carbocycles. The van der Waals surface area contributed by atoms with Crippen LogP contribution in [0.3, 0.4) is 0 Å². The third-order valence-electron chi connectivity index (χ3n) is 3.18. The molecule has 0 atom stereocenters. The lowest BCUT2D eigenvalue weighted by molar-refractivity contribution is 0.210. The first-order chi connectivity index (χ1) is 8.31. The van der Waals surface area contributed by atoms with Crippen LogP contribution in [0.2, 0.25) is 0 Å². The molecule has 0 amide bonds. The molecule has 0 unspecified atom stereocenters. The number of anilines is 1. The molecule has 1 aliphatic rings. The van der Waals surface area contributed by atoms with Crippen molar-refractivity contribution >= 4 is 16.9 Å². The van der Waals surface area contributed by atoms with Crippen LogP contribution in [0.15, 0.2) is 24.4 Å². The maximum Gasteiger partial charge on any atom is 0.220 e. The highest BCUT2D eigenvalue weighted by atomic mass is 16.5. The molecule has 1 aromatic heterocycles. The van der Waals surface area contributed by atoms with E-state index in [2.05, 4.69) is 9.97 Å². The van der Waals surface area contributed by atoms with E-state index in [1.165, 1.54) is 12.8 Å². The summed E-state index contributed by atoms with van der Waals surface area (Å²) in [5.74, 6) is 1.18. The Morgan fingerprint density at radius 1 is 1.24 bits per heavy atom. The molecular formula is C13H15N3O. The third-order valence-corrected chi connectivity index (χ3v) is 3.18. The minimum Gasteiger partial charge on any atom is -0.490 e. The second-order valence-electron chi connectivity index (χ2n) is 4.47. The average molecular weight is 229 g/mol. The van der Waals surface area contributed by atoms with Crippen molar-refractivity contribution in [2.45, 2.75) is 31.8 Å². The van der Waals surface area contributed by atoms with Gasteiger partial charge >= 0.3 is 0 Å². The number of aromatic nitrogens is 2. The Bertz CT molecular complexity index is 535. The number of hydrogen-bond acceptors (Lipinski definition) is 4. The van der Waals surface area contributed by atoms with E-state index >= 15 is 0 Å². The average Bonchev–Trinajstić information content (AvgIpc) is 2.81. The zero-order chi connectivity index (χ0) is 11.7. The Morgan fingerprint density at radius 3 is 2.88 bits per heavy atom. The van der Waals surface area contributed by atoms with Gasteiger partial charge in [-0.05, 0) is 37.8 Å². The lowest BCUT2D eigenvalue weighted by Crippen LogP contribution is -2.10. The minimum absolute atomic E-state index is 0.301. The molecule has 2 aromatic rings. The maximum atomic E-state index is 5.92. The molecule has 2 N–H and O–H groups in total. The first-order valence-electron chi connectivity index (χ1n) is 6.00. The van der Waals surface area contributed by atoms with Gasteiger partial charge in [0.25, 0.3) is 0 Å². The Morgan fingerprint density at radius 2 is 2.06 bits per heavy atom. The standard InChI is InChI=1S/C13H15N3O/c14-13-15-8-9-5-6-11(7-12(9)16-13)17-10-3-1-2-4-10/h5-8,10H,1-4H2,(H2,14,15,16). The van der Waals surface area contributed by atoms with E-state index in [9.17, 15) is 0 Å². The van der Waals surface area contributed by atoms with Crippen molar-refractivity contribution in [1.82, 2.24) is 9.97 Å². The zero-order valence-electron chi connectivity index (χ0n) is 9.60. The largest absolute Gasteiger partial charge is 0.490 e. The minimum atomic E-state index is 0.301. The number of nitrogen functional groups attached to an aromatic ring is 1. The number of benzene rings is 1. The van der Waals surface area contributed by atoms with Crippen molar-refractivity contribution in [1.29, 1.82) is 0 Å². The molecule has 4 nitrogen and oxygen atoms in total. The lowest BCUT2D eigenvalue weighted by atomic mass is 10.2. The molecule has 17 heavy (non-hydrogen) atoms. The first kappa shape index (κ1) is 10.3. The molecule has 1 saturated carbocycles. The number of fused-ring (bicyclic) bond motifs is 1. The Hall–Kier alpha value is -1.84. The molecular weight excluding hydrogens is 214 g/mol. The van der Waals surface area contributed by atoms with E-state index in [1.807, 2.05) is 18.2 Å². The topological polar surface area (TPSA) is 61.0 Å². The molecule has 88 valence electrons. The molecule has 0 saturated heterocycles. The van der Waals surface area contributed by atoms with Gasteiger partial charge < -0.3 is 10.5 Å². The van der Waals surface area contributed by atoms with Crippen LogP contribution in [-0.2, 0) is 0 Å². The fourth-order valence-electron chi connectivity index (χ4n) is 2.29. The highest BCUT2D eigenvalue weighted by molar-refractivity contribution is 5.79. The molecule has 0 radical (unpaired) electrons. The second-order valence-corrected chi connectivity index (χ2v) is 4.47. The van der Waals surface area contributed by atoms with Crippen molar-refractivity contribution in [3.8, 4) is 5.75 Å². The van der Waals surface area contributed by atoms with Crippen LogP contribution in [-0.4, -0.2) is 16.1 Å². The maximum absolute atomic E-state index is 5.92. The molecule has 3 rings (SSSR count). The summed E-state index contributed by atoms with van der Waals surface area (Å²) in [4.78, 5) is 8.16. The molecule has 1 heterocycles. The Labute approximate surface area is 99.8 Å². The normalized spacial score (nSPS) is 16.5. The van der Waals surface area contributed by atoms with Crippen molar-refractivity contribution < 1.29 is 4.74 Å². The zero-order valence-corrected chi connectivity index (χ0v) is 9.60. The summed E-state index contributed by atoms with van der Waals surface area (Å²) >= 11 is 0. The van der Waals surface area contributed by atoms with Gasteiger partial charge in [-0.15, -0.1) is 0 Å². The summed E-state index contributed by atoms with van der Waals surface area (Å²) < 4.78 is 5.92. The summed E-state index contributed by atoms with van der Waals surface area (Å²) in [5, 5.41) is 0.984. The van der Waals surface area contributed by atoms with Gasteiger partial charge in [-0.3, -0.25) is 0 Å². The van der Waals surface area contributed by atoms with E-state index in [4.69, 9.17) is 10.5 Å². The summed E-state index contributed by atoms with van der Waals surface area (Å²) in [6, 6.07) is 5.88. The van der Waals surface area contributed by atoms with E-state index in [0.717, 1.165) is 29.5 Å². The van der Waals surface area contributed by atoms with E-state index < -0.39 is 0 Å². The summed E-state index contributed by atoms with van der Waals surface area (Å²) in [6.45, 7) is 0. The monoisotopic (exact) mass is 229 g/mol. The molecule has 4 heteroatoms. The number of nitrogens with zero attached hydrogens (tertiary/aromatic N) is 2. The van der Waals surface area contributed by atoms with Crippen LogP contribution >= 0.6 is 0 Å². The molecule has 1 aromatic carbocycles. The number of ether oxygens (including phenoxy) is 1. The fourth-order valence-corrected chi connectivity index (χ4v) is 2.29. The molecule has 0 bridgehead atoms. The van der Waals surface area contributed by atoms with Crippen molar-refractivity contribution in [2.24, 2.45) is 0 Å². The van der Waals surface area contributed by atoms with Crippen molar-refractivity contribution in [3.63, 3.8) is 0 Å². The predicted octanol–water partition coefficient (Wildman–Crippen LogP) is 2.53. The van der Waals surface area contributed by atoms with Crippen LogP contribution in [0.25, 0.3) is 10.9 Å². The van der Waals surface area contributed by atoms with Gasteiger partial charge in [0.05, 0.1) is 11.6 Å². The van der Waals surface area contributed by atoms with E-state index in [1.54, 1.807) is 6.20 Å². The van der Waals surface area contributed by atoms with Gasteiger partial charge in [-0.1, -0.05) is 0 Å². The predicted molar refractivity (Wildman–Crippen MR) is 66.8 cm³/mol. The van der Waals surface area contributed by atoms with Crippen LogP contribution in [0.5, 0.6) is 5.75 Å². The van der Waals surface area contributed by atoms with E-state index in [-0.39, 0.29) is 0 Å². The number of hydrogen-bond donors (Lipinski definition) is 1. The van der Waals surface area contributed by atoms with Gasteiger partial charge in [-0.25, -0.2) is 9.97 Å². The Kier molecular flexibility index (Phi) is 2.55. The molecule has 0 aliphatic heterocycles. The van der Waals surface area contributed by atoms with Crippen LogP contribution in [0.4, 0.5) is 5.95 Å².